The molecule has 0 bridgehead atoms. The van der Waals surface area contributed by atoms with Crippen LogP contribution in [-0.2, 0) is 17.5 Å². The molecule has 6 rings (SSSR count). The predicted octanol–water partition coefficient (Wildman–Crippen LogP) is 5.13. The van der Waals surface area contributed by atoms with Crippen molar-refractivity contribution in [1.82, 2.24) is 5.32 Å². The third-order valence-electron chi connectivity index (χ3n) is 7.60. The number of carboxylic acids is 1. The molecule has 3 aromatic rings. The molecule has 0 atom stereocenters. The summed E-state index contributed by atoms with van der Waals surface area (Å²) in [5.74, 6) is -2.42. The van der Waals surface area contributed by atoms with Gasteiger partial charge >= 0.3 is 5.97 Å². The maximum Gasteiger partial charge on any atom is 0.335 e. The van der Waals surface area contributed by atoms with Crippen molar-refractivity contribution < 1.29 is 23.5 Å². The first-order valence-corrected chi connectivity index (χ1v) is 11.8. The Labute approximate surface area is 201 Å². The number of benzene rings is 3. The van der Waals surface area contributed by atoms with Crippen LogP contribution in [0.15, 0.2) is 60.7 Å². The summed E-state index contributed by atoms with van der Waals surface area (Å²) in [4.78, 5) is 26.9. The minimum Gasteiger partial charge on any atom is -0.478 e. The van der Waals surface area contributed by atoms with Crippen LogP contribution in [0.5, 0.6) is 0 Å². The molecule has 178 valence electrons. The van der Waals surface area contributed by atoms with E-state index < -0.39 is 23.1 Å². The van der Waals surface area contributed by atoms with E-state index in [1.54, 1.807) is 30.3 Å². The Bertz CT molecular complexity index is 1340. The number of carbonyl (C=O) groups is 2. The number of carboxylic acid groups (broad SMARTS) is 1. The number of hydrogen-bond donors (Lipinski definition) is 2. The molecule has 1 aliphatic heterocycles. The average Bonchev–Trinajstić information content (AvgIpc) is 3.74. The summed E-state index contributed by atoms with van der Waals surface area (Å²) in [6.45, 7) is 1.03. The number of amides is 1. The van der Waals surface area contributed by atoms with E-state index in [9.17, 15) is 23.5 Å². The highest BCUT2D eigenvalue weighted by molar-refractivity contribution is 6.02. The Kier molecular flexibility index (Phi) is 4.75. The number of anilines is 1. The third-order valence-corrected chi connectivity index (χ3v) is 7.60. The summed E-state index contributed by atoms with van der Waals surface area (Å²) < 4.78 is 27.7. The van der Waals surface area contributed by atoms with E-state index in [1.165, 1.54) is 12.1 Å². The van der Waals surface area contributed by atoms with Crippen LogP contribution in [0.3, 0.4) is 0 Å². The topological polar surface area (TPSA) is 69.6 Å². The Morgan fingerprint density at radius 2 is 1.63 bits per heavy atom. The second-order valence-electron chi connectivity index (χ2n) is 10.0. The summed E-state index contributed by atoms with van der Waals surface area (Å²) in [6.07, 6.45) is 3.60. The van der Waals surface area contributed by atoms with Crippen molar-refractivity contribution in [2.75, 3.05) is 11.4 Å². The summed E-state index contributed by atoms with van der Waals surface area (Å²) >= 11 is 0. The van der Waals surface area contributed by atoms with E-state index in [4.69, 9.17) is 0 Å². The molecular formula is C28H24F2N2O3. The summed E-state index contributed by atoms with van der Waals surface area (Å²) in [6, 6.07) is 15.9. The van der Waals surface area contributed by atoms with Gasteiger partial charge in [-0.25, -0.2) is 13.6 Å². The lowest BCUT2D eigenvalue weighted by molar-refractivity contribution is 0.0696. The minimum atomic E-state index is -0.988. The number of hydrogen-bond acceptors (Lipinski definition) is 3. The van der Waals surface area contributed by atoms with Crippen LogP contribution in [0.25, 0.3) is 0 Å². The first kappa shape index (κ1) is 21.8. The molecule has 7 heteroatoms. The number of carbonyl (C=O) groups excluding carboxylic acids is 1. The molecular weight excluding hydrogens is 450 g/mol. The highest BCUT2D eigenvalue weighted by atomic mass is 19.1. The zero-order chi connectivity index (χ0) is 24.4. The van der Waals surface area contributed by atoms with Crippen LogP contribution in [0.2, 0.25) is 0 Å². The SMILES string of the molecule is O=C(O)c1ccc(C2(NC(=O)c3cccc4c3N(Cc3cc(F)cc(F)c3)CC43CC3)CC2)cc1. The van der Waals surface area contributed by atoms with Gasteiger partial charge in [0.1, 0.15) is 11.6 Å². The maximum atomic E-state index is 13.8. The zero-order valence-corrected chi connectivity index (χ0v) is 19.0. The molecule has 1 spiro atoms. The van der Waals surface area contributed by atoms with Gasteiger partial charge in [0.05, 0.1) is 22.4 Å². The van der Waals surface area contributed by atoms with Crippen molar-refractivity contribution >= 4 is 17.6 Å². The molecule has 0 saturated heterocycles. The number of rotatable bonds is 6. The van der Waals surface area contributed by atoms with E-state index in [0.29, 0.717) is 24.2 Å². The van der Waals surface area contributed by atoms with Crippen LogP contribution < -0.4 is 10.2 Å². The smallest absolute Gasteiger partial charge is 0.335 e. The fourth-order valence-electron chi connectivity index (χ4n) is 5.49. The van der Waals surface area contributed by atoms with Crippen molar-refractivity contribution in [2.24, 2.45) is 0 Å². The Hall–Kier alpha value is -3.74. The quantitative estimate of drug-likeness (QED) is 0.520. The first-order valence-electron chi connectivity index (χ1n) is 11.8. The lowest BCUT2D eigenvalue weighted by Crippen LogP contribution is -2.36. The zero-order valence-electron chi connectivity index (χ0n) is 19.0. The maximum absolute atomic E-state index is 13.8. The Morgan fingerprint density at radius 3 is 2.23 bits per heavy atom. The molecule has 1 heterocycles. The standard InChI is InChI=1S/C28H24F2N2O3/c29-20-12-17(13-21(30)14-20)15-32-16-27(8-9-27)23-3-1-2-22(24(23)32)25(33)31-28(10-11-28)19-6-4-18(5-7-19)26(34)35/h1-7,12-14H,8-11,15-16H2,(H,31,33)(H,34,35). The third kappa shape index (κ3) is 3.75. The molecule has 1 amide bonds. The second kappa shape index (κ2) is 7.63. The molecule has 3 aromatic carbocycles. The van der Waals surface area contributed by atoms with Gasteiger partial charge in [0, 0.05) is 24.6 Å². The fourth-order valence-corrected chi connectivity index (χ4v) is 5.49. The predicted molar refractivity (Wildman–Crippen MR) is 127 cm³/mol. The van der Waals surface area contributed by atoms with Crippen molar-refractivity contribution in [3.05, 3.63) is 100 Å². The van der Waals surface area contributed by atoms with E-state index >= 15 is 0 Å². The van der Waals surface area contributed by atoms with Crippen LogP contribution in [-0.4, -0.2) is 23.5 Å². The van der Waals surface area contributed by atoms with Crippen LogP contribution in [0.4, 0.5) is 14.5 Å². The average molecular weight is 475 g/mol. The van der Waals surface area contributed by atoms with Gasteiger partial charge in [0.15, 0.2) is 0 Å². The molecule has 35 heavy (non-hydrogen) atoms. The van der Waals surface area contributed by atoms with Gasteiger partial charge < -0.3 is 15.3 Å². The van der Waals surface area contributed by atoms with E-state index in [0.717, 1.165) is 48.6 Å². The molecule has 0 unspecified atom stereocenters. The largest absolute Gasteiger partial charge is 0.478 e. The number of para-hydroxylation sites is 1. The minimum absolute atomic E-state index is 0.00141. The van der Waals surface area contributed by atoms with Gasteiger partial charge in [-0.3, -0.25) is 4.79 Å². The molecule has 2 fully saturated rings. The number of fused-ring (bicyclic) bond motifs is 2. The van der Waals surface area contributed by atoms with E-state index in [1.807, 2.05) is 6.07 Å². The number of halogens is 2. The van der Waals surface area contributed by atoms with Gasteiger partial charge in [-0.05, 0) is 72.7 Å². The van der Waals surface area contributed by atoms with Gasteiger partial charge in [-0.15, -0.1) is 0 Å². The van der Waals surface area contributed by atoms with E-state index in [2.05, 4.69) is 16.3 Å². The molecule has 2 saturated carbocycles. The molecule has 0 aromatic heterocycles. The van der Waals surface area contributed by atoms with Gasteiger partial charge in [0.25, 0.3) is 5.91 Å². The van der Waals surface area contributed by atoms with Crippen molar-refractivity contribution in [1.29, 1.82) is 0 Å². The molecule has 3 aliphatic rings. The monoisotopic (exact) mass is 474 g/mol. The van der Waals surface area contributed by atoms with Crippen LogP contribution in [0.1, 0.15) is 63.1 Å². The van der Waals surface area contributed by atoms with Crippen molar-refractivity contribution in [3.8, 4) is 0 Å². The highest BCUT2D eigenvalue weighted by Gasteiger charge is 2.53. The molecule has 0 radical (unpaired) electrons. The lowest BCUT2D eigenvalue weighted by atomic mass is 9.96. The molecule has 5 nitrogen and oxygen atoms in total. The Balaban J connectivity index is 1.31. The van der Waals surface area contributed by atoms with Gasteiger partial charge in [0.2, 0.25) is 0 Å². The summed E-state index contributed by atoms with van der Waals surface area (Å²) in [5, 5.41) is 12.4. The molecule has 2 aliphatic carbocycles. The summed E-state index contributed by atoms with van der Waals surface area (Å²) in [7, 11) is 0. The van der Waals surface area contributed by atoms with Crippen molar-refractivity contribution in [2.45, 2.75) is 43.2 Å². The first-order chi connectivity index (χ1) is 16.8. The van der Waals surface area contributed by atoms with Gasteiger partial charge in [-0.2, -0.15) is 0 Å². The Morgan fingerprint density at radius 1 is 0.943 bits per heavy atom. The van der Waals surface area contributed by atoms with Crippen molar-refractivity contribution in [3.63, 3.8) is 0 Å². The number of aromatic carboxylic acids is 1. The normalized spacial score (nSPS) is 18.3. The highest BCUT2D eigenvalue weighted by Crippen LogP contribution is 2.57. The number of nitrogens with one attached hydrogen (secondary N) is 1. The lowest BCUT2D eigenvalue weighted by Gasteiger charge is -2.24. The number of nitrogens with zero attached hydrogens (tertiary/aromatic N) is 1. The fraction of sp³-hybridized carbons (Fsp3) is 0.286. The molecule has 2 N–H and O–H groups in total. The van der Waals surface area contributed by atoms with Crippen LogP contribution in [0, 0.1) is 11.6 Å². The van der Waals surface area contributed by atoms with Crippen LogP contribution >= 0.6 is 0 Å². The second-order valence-corrected chi connectivity index (χ2v) is 10.0. The van der Waals surface area contributed by atoms with Gasteiger partial charge in [-0.1, -0.05) is 24.3 Å². The summed E-state index contributed by atoms with van der Waals surface area (Å²) in [5.41, 5.74) is 3.62. The van der Waals surface area contributed by atoms with E-state index in [-0.39, 0.29) is 16.9 Å².